The highest BCUT2D eigenvalue weighted by Gasteiger charge is 2.33. The van der Waals surface area contributed by atoms with Crippen molar-refractivity contribution in [2.45, 2.75) is 6.04 Å². The monoisotopic (exact) mass is 496 g/mol. The summed E-state index contributed by atoms with van der Waals surface area (Å²) in [6.45, 7) is 2.22. The SMILES string of the molecule is O=C(O)c1coc2c1c(C(c1ccnc(Oc3ccccc3)c1)N1CCOCC1)c(O)c1ccccc12. The molecule has 1 unspecified atom stereocenters. The summed E-state index contributed by atoms with van der Waals surface area (Å²) in [5.41, 5.74) is 1.69. The number of para-hydroxylation sites is 1. The van der Waals surface area contributed by atoms with Crippen molar-refractivity contribution in [1.82, 2.24) is 9.88 Å². The number of aromatic nitrogens is 1. The van der Waals surface area contributed by atoms with Crippen molar-refractivity contribution in [2.75, 3.05) is 26.3 Å². The van der Waals surface area contributed by atoms with Crippen molar-refractivity contribution in [1.29, 1.82) is 0 Å². The number of phenols is 1. The molecule has 8 nitrogen and oxygen atoms in total. The number of aromatic hydroxyl groups is 1. The summed E-state index contributed by atoms with van der Waals surface area (Å²) in [6, 6.07) is 19.8. The van der Waals surface area contributed by atoms with Gasteiger partial charge >= 0.3 is 5.97 Å². The molecule has 2 aromatic heterocycles. The van der Waals surface area contributed by atoms with Crippen LogP contribution in [0.3, 0.4) is 0 Å². The summed E-state index contributed by atoms with van der Waals surface area (Å²) in [4.78, 5) is 18.8. The fourth-order valence-corrected chi connectivity index (χ4v) is 5.05. The summed E-state index contributed by atoms with van der Waals surface area (Å²) in [7, 11) is 0. The van der Waals surface area contributed by atoms with E-state index in [4.69, 9.17) is 13.9 Å². The number of furan rings is 1. The van der Waals surface area contributed by atoms with Gasteiger partial charge in [0.05, 0.1) is 19.3 Å². The minimum atomic E-state index is -1.13. The van der Waals surface area contributed by atoms with Crippen LogP contribution in [0.15, 0.2) is 83.6 Å². The third kappa shape index (κ3) is 4.16. The van der Waals surface area contributed by atoms with Crippen LogP contribution >= 0.6 is 0 Å². The number of carbonyl (C=O) groups is 1. The van der Waals surface area contributed by atoms with E-state index in [1.54, 1.807) is 6.20 Å². The molecular weight excluding hydrogens is 472 g/mol. The number of rotatable bonds is 6. The van der Waals surface area contributed by atoms with Gasteiger partial charge in [-0.05, 0) is 23.8 Å². The van der Waals surface area contributed by atoms with E-state index < -0.39 is 12.0 Å². The van der Waals surface area contributed by atoms with Crippen LogP contribution in [0.2, 0.25) is 0 Å². The third-order valence-electron chi connectivity index (χ3n) is 6.70. The fraction of sp³-hybridized carbons (Fsp3) is 0.172. The number of morpholine rings is 1. The molecule has 2 N–H and O–H groups in total. The molecule has 1 aliphatic heterocycles. The molecule has 5 aromatic rings. The average Bonchev–Trinajstić information content (AvgIpc) is 3.38. The van der Waals surface area contributed by atoms with E-state index in [9.17, 15) is 15.0 Å². The maximum atomic E-state index is 12.3. The van der Waals surface area contributed by atoms with E-state index in [2.05, 4.69) is 9.88 Å². The van der Waals surface area contributed by atoms with Gasteiger partial charge in [0, 0.05) is 47.1 Å². The highest BCUT2D eigenvalue weighted by atomic mass is 16.5. The molecular formula is C29H24N2O6. The van der Waals surface area contributed by atoms with Gasteiger partial charge in [0.2, 0.25) is 5.88 Å². The predicted octanol–water partition coefficient (Wildman–Crippen LogP) is 5.60. The molecule has 0 amide bonds. The van der Waals surface area contributed by atoms with E-state index in [1.165, 1.54) is 6.26 Å². The number of carboxylic acids is 1. The van der Waals surface area contributed by atoms with E-state index in [0.717, 1.165) is 5.56 Å². The molecule has 1 atom stereocenters. The Balaban J connectivity index is 1.60. The van der Waals surface area contributed by atoms with E-state index >= 15 is 0 Å². The first-order chi connectivity index (χ1) is 18.1. The number of pyridine rings is 1. The Hall–Kier alpha value is -4.40. The van der Waals surface area contributed by atoms with Crippen LogP contribution in [0.25, 0.3) is 21.7 Å². The van der Waals surface area contributed by atoms with Gasteiger partial charge in [-0.15, -0.1) is 0 Å². The summed E-state index contributed by atoms with van der Waals surface area (Å²) < 4.78 is 17.4. The van der Waals surface area contributed by atoms with Gasteiger partial charge in [0.1, 0.15) is 28.9 Å². The summed E-state index contributed by atoms with van der Waals surface area (Å²) >= 11 is 0. The van der Waals surface area contributed by atoms with Crippen molar-refractivity contribution in [3.63, 3.8) is 0 Å². The normalized spacial score (nSPS) is 15.1. The summed E-state index contributed by atoms with van der Waals surface area (Å²) in [5, 5.41) is 23.3. The van der Waals surface area contributed by atoms with Gasteiger partial charge in [0.15, 0.2) is 0 Å². The van der Waals surface area contributed by atoms with Crippen LogP contribution in [-0.4, -0.2) is 52.4 Å². The van der Waals surface area contributed by atoms with Crippen molar-refractivity contribution >= 4 is 27.7 Å². The first-order valence-electron chi connectivity index (χ1n) is 12.0. The number of phenolic OH excluding ortho intramolecular Hbond substituents is 1. The van der Waals surface area contributed by atoms with Crippen LogP contribution in [0.1, 0.15) is 27.5 Å². The lowest BCUT2D eigenvalue weighted by atomic mass is 9.89. The van der Waals surface area contributed by atoms with Gasteiger partial charge in [0.25, 0.3) is 0 Å². The number of nitrogens with zero attached hydrogens (tertiary/aromatic N) is 2. The number of benzene rings is 3. The van der Waals surface area contributed by atoms with Gasteiger partial charge in [-0.3, -0.25) is 4.90 Å². The predicted molar refractivity (Wildman–Crippen MR) is 137 cm³/mol. The molecule has 0 radical (unpaired) electrons. The van der Waals surface area contributed by atoms with Crippen molar-refractivity contribution < 1.29 is 28.9 Å². The number of hydrogen-bond acceptors (Lipinski definition) is 7. The molecule has 3 heterocycles. The Morgan fingerprint density at radius 3 is 2.49 bits per heavy atom. The van der Waals surface area contributed by atoms with E-state index in [1.807, 2.05) is 66.7 Å². The number of fused-ring (bicyclic) bond motifs is 3. The minimum Gasteiger partial charge on any atom is -0.507 e. The molecule has 0 saturated carbocycles. The number of ether oxygens (including phenoxy) is 2. The summed E-state index contributed by atoms with van der Waals surface area (Å²) in [5.74, 6) is -0.0674. The summed E-state index contributed by atoms with van der Waals surface area (Å²) in [6.07, 6.45) is 2.90. The van der Waals surface area contributed by atoms with Crippen molar-refractivity contribution in [2.24, 2.45) is 0 Å². The Labute approximate surface area is 212 Å². The number of aromatic carboxylic acids is 1. The molecule has 0 spiro atoms. The zero-order chi connectivity index (χ0) is 25.4. The van der Waals surface area contributed by atoms with Crippen molar-refractivity contribution in [3.8, 4) is 17.4 Å². The maximum absolute atomic E-state index is 12.3. The zero-order valence-corrected chi connectivity index (χ0v) is 19.8. The molecule has 0 bridgehead atoms. The van der Waals surface area contributed by atoms with Gasteiger partial charge in [-0.1, -0.05) is 42.5 Å². The zero-order valence-electron chi connectivity index (χ0n) is 19.8. The van der Waals surface area contributed by atoms with E-state index in [-0.39, 0.29) is 11.3 Å². The Bertz CT molecular complexity index is 1590. The minimum absolute atomic E-state index is 0.000808. The lowest BCUT2D eigenvalue weighted by Gasteiger charge is -2.36. The Kier molecular flexibility index (Phi) is 5.96. The molecule has 1 aliphatic rings. The van der Waals surface area contributed by atoms with Crippen LogP contribution in [0.4, 0.5) is 0 Å². The molecule has 8 heteroatoms. The second kappa shape index (κ2) is 9.57. The molecule has 37 heavy (non-hydrogen) atoms. The lowest BCUT2D eigenvalue weighted by Crippen LogP contribution is -2.39. The largest absolute Gasteiger partial charge is 0.507 e. The highest BCUT2D eigenvalue weighted by Crippen LogP contribution is 2.46. The quantitative estimate of drug-likeness (QED) is 0.313. The van der Waals surface area contributed by atoms with Gasteiger partial charge < -0.3 is 24.1 Å². The average molecular weight is 497 g/mol. The number of carboxylic acid groups (broad SMARTS) is 1. The van der Waals surface area contributed by atoms with Gasteiger partial charge in [-0.25, -0.2) is 9.78 Å². The van der Waals surface area contributed by atoms with Crippen LogP contribution < -0.4 is 4.74 Å². The molecule has 0 aliphatic carbocycles. The standard InChI is InChI=1S/C29H24N2O6/c32-27-20-8-4-5-9-21(20)28-24(22(17-36-28)29(33)34)25(27)26(31-12-14-35-15-13-31)18-10-11-30-23(16-18)37-19-6-2-1-3-7-19/h1-11,16-17,26,32H,12-15H2,(H,33,34). The highest BCUT2D eigenvalue weighted by molar-refractivity contribution is 6.15. The van der Waals surface area contributed by atoms with E-state index in [0.29, 0.717) is 65.2 Å². The lowest BCUT2D eigenvalue weighted by molar-refractivity contribution is 0.0238. The van der Waals surface area contributed by atoms with Gasteiger partial charge in [-0.2, -0.15) is 0 Å². The number of hydrogen-bond donors (Lipinski definition) is 2. The Morgan fingerprint density at radius 1 is 1.00 bits per heavy atom. The molecule has 6 rings (SSSR count). The van der Waals surface area contributed by atoms with Crippen LogP contribution in [0.5, 0.6) is 17.4 Å². The molecule has 3 aromatic carbocycles. The first kappa shape index (κ1) is 23.0. The second-order valence-electron chi connectivity index (χ2n) is 8.86. The fourth-order valence-electron chi connectivity index (χ4n) is 5.05. The third-order valence-corrected chi connectivity index (χ3v) is 6.70. The molecule has 1 fully saturated rings. The Morgan fingerprint density at radius 2 is 1.73 bits per heavy atom. The van der Waals surface area contributed by atoms with Crippen molar-refractivity contribution in [3.05, 3.63) is 95.9 Å². The topological polar surface area (TPSA) is 105 Å². The second-order valence-corrected chi connectivity index (χ2v) is 8.86. The molecule has 186 valence electrons. The maximum Gasteiger partial charge on any atom is 0.339 e. The molecule has 1 saturated heterocycles. The smallest absolute Gasteiger partial charge is 0.339 e. The first-order valence-corrected chi connectivity index (χ1v) is 12.0. The van der Waals surface area contributed by atoms with Crippen LogP contribution in [0, 0.1) is 0 Å². The van der Waals surface area contributed by atoms with Crippen LogP contribution in [-0.2, 0) is 4.74 Å².